The second-order valence-electron chi connectivity index (χ2n) is 4.68. The van der Waals surface area contributed by atoms with Gasteiger partial charge in [-0.1, -0.05) is 0 Å². The first-order valence-corrected chi connectivity index (χ1v) is 6.14. The number of alkyl halides is 3. The molecule has 2 rings (SSSR count). The Hall–Kier alpha value is -2.32. The number of carbonyl (C=O) groups excluding carboxylic acids is 1. The van der Waals surface area contributed by atoms with E-state index in [1.165, 1.54) is 24.3 Å². The summed E-state index contributed by atoms with van der Waals surface area (Å²) in [4.78, 5) is 22.6. The highest BCUT2D eigenvalue weighted by Crippen LogP contribution is 2.24. The van der Waals surface area contributed by atoms with Crippen LogP contribution in [0.15, 0.2) is 24.3 Å². The molecule has 1 aromatic carbocycles. The minimum absolute atomic E-state index is 0.0557. The van der Waals surface area contributed by atoms with E-state index >= 15 is 0 Å². The van der Waals surface area contributed by atoms with Crippen molar-refractivity contribution in [1.29, 1.82) is 0 Å². The Morgan fingerprint density at radius 3 is 2.48 bits per heavy atom. The van der Waals surface area contributed by atoms with Crippen molar-refractivity contribution in [2.45, 2.75) is 18.6 Å². The standard InChI is InChI=1S/C12H12F3N3O3/c13-12(14,15)11(19)16-8-5-6-17(7-8)9-1-3-10(4-2-9)18(20)21/h1-4,8H,5-7H2,(H,16,19)/t8-/m0/s1. The van der Waals surface area contributed by atoms with Gasteiger partial charge in [0.2, 0.25) is 0 Å². The molecule has 0 saturated carbocycles. The van der Waals surface area contributed by atoms with Crippen LogP contribution in [0.2, 0.25) is 0 Å². The molecule has 0 spiro atoms. The fourth-order valence-corrected chi connectivity index (χ4v) is 2.16. The molecule has 0 radical (unpaired) electrons. The van der Waals surface area contributed by atoms with Crippen molar-refractivity contribution in [3.05, 3.63) is 34.4 Å². The lowest BCUT2D eigenvalue weighted by Crippen LogP contribution is -2.44. The predicted molar refractivity (Wildman–Crippen MR) is 67.9 cm³/mol. The lowest BCUT2D eigenvalue weighted by Gasteiger charge is -2.19. The van der Waals surface area contributed by atoms with Crippen molar-refractivity contribution < 1.29 is 22.9 Å². The molecule has 0 bridgehead atoms. The van der Waals surface area contributed by atoms with E-state index in [0.29, 0.717) is 18.7 Å². The van der Waals surface area contributed by atoms with Gasteiger partial charge < -0.3 is 10.2 Å². The van der Waals surface area contributed by atoms with E-state index in [-0.39, 0.29) is 12.2 Å². The van der Waals surface area contributed by atoms with E-state index in [2.05, 4.69) is 0 Å². The van der Waals surface area contributed by atoms with E-state index < -0.39 is 23.0 Å². The van der Waals surface area contributed by atoms with Crippen LogP contribution in [0.4, 0.5) is 24.5 Å². The number of rotatable bonds is 3. The summed E-state index contributed by atoms with van der Waals surface area (Å²) in [5.74, 6) is -1.95. The van der Waals surface area contributed by atoms with Gasteiger partial charge in [0.1, 0.15) is 0 Å². The van der Waals surface area contributed by atoms with E-state index in [9.17, 15) is 28.1 Å². The molecule has 21 heavy (non-hydrogen) atoms. The van der Waals surface area contributed by atoms with Gasteiger partial charge in [0, 0.05) is 37.0 Å². The Morgan fingerprint density at radius 2 is 1.95 bits per heavy atom. The molecule has 1 fully saturated rings. The van der Waals surface area contributed by atoms with Gasteiger partial charge >= 0.3 is 12.1 Å². The molecular weight excluding hydrogens is 291 g/mol. The molecule has 6 nitrogen and oxygen atoms in total. The lowest BCUT2D eigenvalue weighted by atomic mass is 10.2. The van der Waals surface area contributed by atoms with Crippen molar-refractivity contribution in [1.82, 2.24) is 5.32 Å². The van der Waals surface area contributed by atoms with Crippen LogP contribution < -0.4 is 10.2 Å². The molecule has 114 valence electrons. The van der Waals surface area contributed by atoms with E-state index in [1.807, 2.05) is 5.32 Å². The second kappa shape index (κ2) is 5.58. The first-order chi connectivity index (χ1) is 9.77. The average Bonchev–Trinajstić information content (AvgIpc) is 2.86. The number of nitrogens with one attached hydrogen (secondary N) is 1. The SMILES string of the molecule is O=C(N[C@H]1CCN(c2ccc([N+](=O)[O-])cc2)C1)C(F)(F)F. The second-order valence-corrected chi connectivity index (χ2v) is 4.68. The molecule has 1 saturated heterocycles. The number of non-ortho nitro benzene ring substituents is 1. The molecular formula is C12H12F3N3O3. The quantitative estimate of drug-likeness (QED) is 0.683. The van der Waals surface area contributed by atoms with E-state index in [0.717, 1.165) is 0 Å². The highest BCUT2D eigenvalue weighted by Gasteiger charge is 2.40. The fraction of sp³-hybridized carbons (Fsp3) is 0.417. The highest BCUT2D eigenvalue weighted by molar-refractivity contribution is 5.82. The molecule has 1 amide bonds. The summed E-state index contributed by atoms with van der Waals surface area (Å²) in [7, 11) is 0. The third kappa shape index (κ3) is 3.61. The molecule has 0 aromatic heterocycles. The number of benzene rings is 1. The zero-order valence-electron chi connectivity index (χ0n) is 10.8. The van der Waals surface area contributed by atoms with Gasteiger partial charge in [0.15, 0.2) is 0 Å². The van der Waals surface area contributed by atoms with Crippen molar-refractivity contribution >= 4 is 17.3 Å². The number of hydrogen-bond donors (Lipinski definition) is 1. The zero-order valence-corrected chi connectivity index (χ0v) is 10.8. The number of nitro benzene ring substituents is 1. The molecule has 1 atom stereocenters. The van der Waals surface area contributed by atoms with Gasteiger partial charge in [0.25, 0.3) is 5.69 Å². The monoisotopic (exact) mass is 303 g/mol. The summed E-state index contributed by atoms with van der Waals surface area (Å²) in [6.45, 7) is 0.709. The Morgan fingerprint density at radius 1 is 1.33 bits per heavy atom. The van der Waals surface area contributed by atoms with Crippen LogP contribution in [0.3, 0.4) is 0 Å². The van der Waals surface area contributed by atoms with Crippen LogP contribution in [-0.4, -0.2) is 36.1 Å². The first-order valence-electron chi connectivity index (χ1n) is 6.14. The van der Waals surface area contributed by atoms with Crippen molar-refractivity contribution in [3.63, 3.8) is 0 Å². The maximum Gasteiger partial charge on any atom is 0.471 e. The maximum absolute atomic E-state index is 12.2. The summed E-state index contributed by atoms with van der Waals surface area (Å²) in [6.07, 6.45) is -4.50. The Kier molecular flexibility index (Phi) is 4.01. The van der Waals surface area contributed by atoms with Crippen molar-refractivity contribution in [3.8, 4) is 0 Å². The highest BCUT2D eigenvalue weighted by atomic mass is 19.4. The molecule has 1 aliphatic heterocycles. The molecule has 0 unspecified atom stereocenters. The normalized spacial score (nSPS) is 18.6. The number of anilines is 1. The molecule has 1 aliphatic rings. The molecule has 0 aliphatic carbocycles. The number of halogens is 3. The number of nitrogens with zero attached hydrogens (tertiary/aromatic N) is 2. The third-order valence-electron chi connectivity index (χ3n) is 3.21. The van der Waals surface area contributed by atoms with Crippen molar-refractivity contribution in [2.24, 2.45) is 0 Å². The first kappa shape index (κ1) is 15.1. The smallest absolute Gasteiger partial charge is 0.369 e. The van der Waals surface area contributed by atoms with Gasteiger partial charge in [-0.2, -0.15) is 13.2 Å². The van der Waals surface area contributed by atoms with E-state index in [1.54, 1.807) is 4.90 Å². The Balaban J connectivity index is 1.96. The summed E-state index contributed by atoms with van der Waals surface area (Å²) >= 11 is 0. The maximum atomic E-state index is 12.2. The topological polar surface area (TPSA) is 75.5 Å². The van der Waals surface area contributed by atoms with Crippen LogP contribution in [-0.2, 0) is 4.79 Å². The number of hydrogen-bond acceptors (Lipinski definition) is 4. The lowest BCUT2D eigenvalue weighted by molar-refractivity contribution is -0.384. The Bertz CT molecular complexity index is 545. The van der Waals surface area contributed by atoms with Gasteiger partial charge in [-0.15, -0.1) is 0 Å². The van der Waals surface area contributed by atoms with Gasteiger partial charge in [-0.25, -0.2) is 0 Å². The van der Waals surface area contributed by atoms with Gasteiger partial charge in [-0.05, 0) is 18.6 Å². The summed E-state index contributed by atoms with van der Waals surface area (Å²) < 4.78 is 36.5. The minimum Gasteiger partial charge on any atom is -0.369 e. The largest absolute Gasteiger partial charge is 0.471 e. The van der Waals surface area contributed by atoms with Crippen LogP contribution in [0.25, 0.3) is 0 Å². The predicted octanol–water partition coefficient (Wildman–Crippen LogP) is 1.85. The molecule has 1 N–H and O–H groups in total. The van der Waals surface area contributed by atoms with Crippen LogP contribution >= 0.6 is 0 Å². The van der Waals surface area contributed by atoms with Crippen LogP contribution in [0.1, 0.15) is 6.42 Å². The van der Waals surface area contributed by atoms with Crippen LogP contribution in [0.5, 0.6) is 0 Å². The number of carbonyl (C=O) groups is 1. The molecule has 1 aromatic rings. The zero-order chi connectivity index (χ0) is 15.6. The molecule has 9 heteroatoms. The number of amides is 1. The molecule has 1 heterocycles. The number of nitro groups is 1. The summed E-state index contributed by atoms with van der Waals surface area (Å²) in [6, 6.07) is 5.14. The Labute approximate surface area is 117 Å². The van der Waals surface area contributed by atoms with Gasteiger partial charge in [0.05, 0.1) is 4.92 Å². The van der Waals surface area contributed by atoms with E-state index in [4.69, 9.17) is 0 Å². The summed E-state index contributed by atoms with van der Waals surface area (Å²) in [5, 5.41) is 12.5. The fourth-order valence-electron chi connectivity index (χ4n) is 2.16. The van der Waals surface area contributed by atoms with Gasteiger partial charge in [-0.3, -0.25) is 14.9 Å². The third-order valence-corrected chi connectivity index (χ3v) is 3.21. The summed E-state index contributed by atoms with van der Waals surface area (Å²) in [5.41, 5.74) is 0.615. The van der Waals surface area contributed by atoms with Crippen LogP contribution in [0, 0.1) is 10.1 Å². The average molecular weight is 303 g/mol. The van der Waals surface area contributed by atoms with Crippen molar-refractivity contribution in [2.75, 3.05) is 18.0 Å². The minimum atomic E-state index is -4.89.